The number of hydrogen-bond acceptors (Lipinski definition) is 6. The number of piperazine rings is 1. The molecule has 1 saturated heterocycles. The number of anilines is 2. The van der Waals surface area contributed by atoms with Crippen molar-refractivity contribution in [3.63, 3.8) is 0 Å². The van der Waals surface area contributed by atoms with Gasteiger partial charge in [0.05, 0.1) is 6.61 Å². The molecule has 138 valence electrons. The Labute approximate surface area is 154 Å². The molecular formula is C19H25N5O2. The third kappa shape index (κ3) is 4.04. The summed E-state index contributed by atoms with van der Waals surface area (Å²) in [5, 5.41) is 8.52. The minimum Gasteiger partial charge on any atom is -0.494 e. The summed E-state index contributed by atoms with van der Waals surface area (Å²) in [4.78, 5) is 18.6. The third-order valence-electron chi connectivity index (χ3n) is 4.40. The van der Waals surface area contributed by atoms with Crippen molar-refractivity contribution in [2.24, 2.45) is 0 Å². The summed E-state index contributed by atoms with van der Waals surface area (Å²) in [5.41, 5.74) is 0.692. The smallest absolute Gasteiger partial charge is 0.253 e. The van der Waals surface area contributed by atoms with Gasteiger partial charge in [0.1, 0.15) is 5.75 Å². The molecule has 0 unspecified atom stereocenters. The normalized spacial score (nSPS) is 14.3. The summed E-state index contributed by atoms with van der Waals surface area (Å²) in [6.45, 7) is 5.40. The molecule has 1 aliphatic heterocycles. The lowest BCUT2D eigenvalue weighted by Crippen LogP contribution is -2.49. The molecule has 2 aromatic rings. The van der Waals surface area contributed by atoms with Crippen LogP contribution in [0.15, 0.2) is 36.4 Å². The Morgan fingerprint density at radius 3 is 2.27 bits per heavy atom. The topological polar surface area (TPSA) is 61.8 Å². The van der Waals surface area contributed by atoms with E-state index in [0.29, 0.717) is 25.3 Å². The number of benzene rings is 1. The van der Waals surface area contributed by atoms with Gasteiger partial charge in [-0.25, -0.2) is 0 Å². The van der Waals surface area contributed by atoms with Crippen LogP contribution in [0.4, 0.5) is 11.6 Å². The molecule has 26 heavy (non-hydrogen) atoms. The van der Waals surface area contributed by atoms with E-state index in [2.05, 4.69) is 15.1 Å². The van der Waals surface area contributed by atoms with Crippen molar-refractivity contribution in [3.8, 4) is 5.75 Å². The maximum atomic E-state index is 12.7. The summed E-state index contributed by atoms with van der Waals surface area (Å²) >= 11 is 0. The first kappa shape index (κ1) is 18.0. The molecule has 1 aromatic heterocycles. The molecule has 0 N–H and O–H groups in total. The average molecular weight is 355 g/mol. The van der Waals surface area contributed by atoms with Gasteiger partial charge in [-0.3, -0.25) is 4.79 Å². The molecule has 1 amide bonds. The van der Waals surface area contributed by atoms with Gasteiger partial charge in [0.25, 0.3) is 5.91 Å². The van der Waals surface area contributed by atoms with Gasteiger partial charge in [0.15, 0.2) is 11.6 Å². The Balaban J connectivity index is 1.58. The first-order valence-corrected chi connectivity index (χ1v) is 8.86. The van der Waals surface area contributed by atoms with Gasteiger partial charge in [-0.05, 0) is 43.3 Å². The molecule has 0 radical (unpaired) electrons. The summed E-state index contributed by atoms with van der Waals surface area (Å²) in [7, 11) is 3.88. The standard InChI is InChI=1S/C19H25N5O2/c1-4-26-16-7-5-15(6-8-16)19(25)24-13-11-23(12-14-24)18-10-9-17(20-21-18)22(2)3/h5-10H,4,11-14H2,1-3H3. The fourth-order valence-electron chi connectivity index (χ4n) is 2.91. The average Bonchev–Trinajstić information content (AvgIpc) is 2.68. The number of carbonyl (C=O) groups excluding carboxylic acids is 1. The van der Waals surface area contributed by atoms with Gasteiger partial charge in [0.2, 0.25) is 0 Å². The predicted molar refractivity (Wildman–Crippen MR) is 102 cm³/mol. The Kier molecular flexibility index (Phi) is 5.55. The molecule has 0 spiro atoms. The Bertz CT molecular complexity index is 723. The highest BCUT2D eigenvalue weighted by Crippen LogP contribution is 2.18. The van der Waals surface area contributed by atoms with Gasteiger partial charge in [-0.2, -0.15) is 0 Å². The van der Waals surface area contributed by atoms with Crippen LogP contribution in [0.5, 0.6) is 5.75 Å². The summed E-state index contributed by atoms with van der Waals surface area (Å²) in [5.74, 6) is 2.53. The SMILES string of the molecule is CCOc1ccc(C(=O)N2CCN(c3ccc(N(C)C)nn3)CC2)cc1. The molecule has 0 saturated carbocycles. The van der Waals surface area contributed by atoms with E-state index in [4.69, 9.17) is 4.74 Å². The van der Waals surface area contributed by atoms with Crippen LogP contribution < -0.4 is 14.5 Å². The van der Waals surface area contributed by atoms with Crippen molar-refractivity contribution in [1.82, 2.24) is 15.1 Å². The minimum absolute atomic E-state index is 0.0572. The number of rotatable bonds is 5. The van der Waals surface area contributed by atoms with E-state index in [0.717, 1.165) is 30.5 Å². The lowest BCUT2D eigenvalue weighted by Gasteiger charge is -2.35. The zero-order valence-corrected chi connectivity index (χ0v) is 15.6. The highest BCUT2D eigenvalue weighted by molar-refractivity contribution is 5.94. The first-order chi connectivity index (χ1) is 12.6. The number of nitrogens with zero attached hydrogens (tertiary/aromatic N) is 5. The zero-order chi connectivity index (χ0) is 18.5. The fraction of sp³-hybridized carbons (Fsp3) is 0.421. The van der Waals surface area contributed by atoms with Crippen molar-refractivity contribution >= 4 is 17.5 Å². The highest BCUT2D eigenvalue weighted by atomic mass is 16.5. The lowest BCUT2D eigenvalue weighted by atomic mass is 10.1. The molecule has 7 heteroatoms. The van der Waals surface area contributed by atoms with Crippen LogP contribution in [0.25, 0.3) is 0 Å². The highest BCUT2D eigenvalue weighted by Gasteiger charge is 2.23. The number of carbonyl (C=O) groups is 1. The third-order valence-corrected chi connectivity index (χ3v) is 4.40. The minimum atomic E-state index is 0.0572. The maximum Gasteiger partial charge on any atom is 0.253 e. The summed E-state index contributed by atoms with van der Waals surface area (Å²) in [6.07, 6.45) is 0. The molecule has 0 aliphatic carbocycles. The van der Waals surface area contributed by atoms with E-state index < -0.39 is 0 Å². The van der Waals surface area contributed by atoms with Gasteiger partial charge in [0, 0.05) is 45.8 Å². The monoisotopic (exact) mass is 355 g/mol. The molecule has 0 bridgehead atoms. The molecule has 3 rings (SSSR count). The van der Waals surface area contributed by atoms with E-state index in [1.165, 1.54) is 0 Å². The fourth-order valence-corrected chi connectivity index (χ4v) is 2.91. The van der Waals surface area contributed by atoms with Crippen LogP contribution in [0.1, 0.15) is 17.3 Å². The zero-order valence-electron chi connectivity index (χ0n) is 15.6. The van der Waals surface area contributed by atoms with E-state index in [-0.39, 0.29) is 5.91 Å². The summed E-state index contributed by atoms with van der Waals surface area (Å²) in [6, 6.07) is 11.3. The molecule has 0 atom stereocenters. The second kappa shape index (κ2) is 8.03. The van der Waals surface area contributed by atoms with Crippen LogP contribution in [0, 0.1) is 0 Å². The number of amides is 1. The Hall–Kier alpha value is -2.83. The Morgan fingerprint density at radius 2 is 1.73 bits per heavy atom. The van der Waals surface area contributed by atoms with Crippen molar-refractivity contribution in [3.05, 3.63) is 42.0 Å². The van der Waals surface area contributed by atoms with E-state index in [9.17, 15) is 4.79 Å². The maximum absolute atomic E-state index is 12.7. The molecule has 7 nitrogen and oxygen atoms in total. The van der Waals surface area contributed by atoms with E-state index in [1.54, 1.807) is 0 Å². The van der Waals surface area contributed by atoms with Crippen molar-refractivity contribution in [2.75, 3.05) is 56.7 Å². The van der Waals surface area contributed by atoms with Crippen LogP contribution >= 0.6 is 0 Å². The number of aromatic nitrogens is 2. The second-order valence-electron chi connectivity index (χ2n) is 6.38. The van der Waals surface area contributed by atoms with Gasteiger partial charge in [-0.15, -0.1) is 10.2 Å². The van der Waals surface area contributed by atoms with Crippen molar-refractivity contribution in [1.29, 1.82) is 0 Å². The van der Waals surface area contributed by atoms with Gasteiger partial charge in [-0.1, -0.05) is 0 Å². The van der Waals surface area contributed by atoms with Gasteiger partial charge < -0.3 is 19.4 Å². The largest absolute Gasteiger partial charge is 0.494 e. The summed E-state index contributed by atoms with van der Waals surface area (Å²) < 4.78 is 5.42. The Morgan fingerprint density at radius 1 is 1.04 bits per heavy atom. The van der Waals surface area contributed by atoms with Crippen LogP contribution in [-0.2, 0) is 0 Å². The lowest BCUT2D eigenvalue weighted by molar-refractivity contribution is 0.0746. The van der Waals surface area contributed by atoms with Crippen LogP contribution in [-0.4, -0.2) is 67.9 Å². The quantitative estimate of drug-likeness (QED) is 0.816. The first-order valence-electron chi connectivity index (χ1n) is 8.86. The molecule has 1 fully saturated rings. The van der Waals surface area contributed by atoms with E-state index >= 15 is 0 Å². The van der Waals surface area contributed by atoms with Crippen LogP contribution in [0.2, 0.25) is 0 Å². The molecule has 1 aliphatic rings. The molecule has 1 aromatic carbocycles. The van der Waals surface area contributed by atoms with Crippen LogP contribution in [0.3, 0.4) is 0 Å². The molecule has 2 heterocycles. The molecular weight excluding hydrogens is 330 g/mol. The second-order valence-corrected chi connectivity index (χ2v) is 6.38. The number of ether oxygens (including phenoxy) is 1. The van der Waals surface area contributed by atoms with Crippen molar-refractivity contribution < 1.29 is 9.53 Å². The van der Waals surface area contributed by atoms with E-state index in [1.807, 2.05) is 67.2 Å². The van der Waals surface area contributed by atoms with Crippen molar-refractivity contribution in [2.45, 2.75) is 6.92 Å². The van der Waals surface area contributed by atoms with Gasteiger partial charge >= 0.3 is 0 Å². The predicted octanol–water partition coefficient (Wildman–Crippen LogP) is 1.90. The number of hydrogen-bond donors (Lipinski definition) is 0.